The second-order valence-corrected chi connectivity index (χ2v) is 7.73. The number of hydrogen-bond acceptors (Lipinski definition) is 3. The Bertz CT molecular complexity index is 670. The molecule has 0 aliphatic heterocycles. The number of sulfonamides is 1. The highest BCUT2D eigenvalue weighted by Crippen LogP contribution is 2.23. The van der Waals surface area contributed by atoms with Gasteiger partial charge in [0.25, 0.3) is 0 Å². The largest absolute Gasteiger partial charge is 0.339 e. The highest BCUT2D eigenvalue weighted by atomic mass is 32.2. The SMILES string of the molecule is CC(=O)N(CCNS(=O)(=O)c1ccc(F)c(C)c1)C1CCCC1. The van der Waals surface area contributed by atoms with Gasteiger partial charge >= 0.3 is 0 Å². The van der Waals surface area contributed by atoms with Gasteiger partial charge in [0.1, 0.15) is 5.82 Å². The summed E-state index contributed by atoms with van der Waals surface area (Å²) in [6, 6.07) is 3.90. The van der Waals surface area contributed by atoms with Crippen LogP contribution in [0.2, 0.25) is 0 Å². The van der Waals surface area contributed by atoms with Crippen LogP contribution in [0, 0.1) is 12.7 Å². The van der Waals surface area contributed by atoms with Crippen molar-refractivity contribution in [3.05, 3.63) is 29.6 Å². The van der Waals surface area contributed by atoms with E-state index in [1.54, 1.807) is 4.90 Å². The van der Waals surface area contributed by atoms with E-state index in [0.717, 1.165) is 31.7 Å². The fourth-order valence-corrected chi connectivity index (χ4v) is 4.09. The summed E-state index contributed by atoms with van der Waals surface area (Å²) in [5.41, 5.74) is 0.282. The van der Waals surface area contributed by atoms with Crippen molar-refractivity contribution in [1.82, 2.24) is 9.62 Å². The lowest BCUT2D eigenvalue weighted by molar-refractivity contribution is -0.130. The van der Waals surface area contributed by atoms with Crippen molar-refractivity contribution < 1.29 is 17.6 Å². The molecule has 0 atom stereocenters. The fraction of sp³-hybridized carbons (Fsp3) is 0.562. The number of carbonyl (C=O) groups excluding carboxylic acids is 1. The van der Waals surface area contributed by atoms with Gasteiger partial charge in [0, 0.05) is 26.1 Å². The van der Waals surface area contributed by atoms with Crippen LogP contribution in [0.4, 0.5) is 4.39 Å². The quantitative estimate of drug-likeness (QED) is 0.862. The molecule has 1 aromatic carbocycles. The molecule has 5 nitrogen and oxygen atoms in total. The minimum atomic E-state index is -3.70. The Hall–Kier alpha value is -1.47. The molecule has 128 valence electrons. The summed E-state index contributed by atoms with van der Waals surface area (Å²) < 4.78 is 40.2. The summed E-state index contributed by atoms with van der Waals surface area (Å²) in [6.45, 7) is 3.52. The molecule has 1 amide bonds. The van der Waals surface area contributed by atoms with E-state index < -0.39 is 15.8 Å². The molecule has 0 saturated heterocycles. The number of nitrogens with zero attached hydrogens (tertiary/aromatic N) is 1. The third-order valence-corrected chi connectivity index (χ3v) is 5.71. The summed E-state index contributed by atoms with van der Waals surface area (Å²) in [5.74, 6) is -0.471. The van der Waals surface area contributed by atoms with Crippen molar-refractivity contribution in [2.45, 2.75) is 50.5 Å². The van der Waals surface area contributed by atoms with Gasteiger partial charge in [-0.3, -0.25) is 4.79 Å². The van der Waals surface area contributed by atoms with E-state index in [4.69, 9.17) is 0 Å². The number of rotatable bonds is 6. The number of hydrogen-bond donors (Lipinski definition) is 1. The van der Waals surface area contributed by atoms with Crippen LogP contribution in [0.3, 0.4) is 0 Å². The van der Waals surface area contributed by atoms with Crippen molar-refractivity contribution >= 4 is 15.9 Å². The second-order valence-electron chi connectivity index (χ2n) is 5.96. The van der Waals surface area contributed by atoms with E-state index in [-0.39, 0.29) is 29.0 Å². The second kappa shape index (κ2) is 7.40. The molecule has 1 N–H and O–H groups in total. The molecule has 0 heterocycles. The van der Waals surface area contributed by atoms with Crippen molar-refractivity contribution in [3.63, 3.8) is 0 Å². The van der Waals surface area contributed by atoms with Gasteiger partial charge in [0.05, 0.1) is 4.90 Å². The lowest BCUT2D eigenvalue weighted by Gasteiger charge is -2.27. The molecule has 1 aliphatic rings. The van der Waals surface area contributed by atoms with Gasteiger partial charge in [-0.15, -0.1) is 0 Å². The van der Waals surface area contributed by atoms with E-state index in [2.05, 4.69) is 4.72 Å². The van der Waals surface area contributed by atoms with Crippen LogP contribution < -0.4 is 4.72 Å². The Morgan fingerprint density at radius 1 is 1.35 bits per heavy atom. The first-order valence-electron chi connectivity index (χ1n) is 7.84. The summed E-state index contributed by atoms with van der Waals surface area (Å²) in [7, 11) is -3.70. The predicted octanol–water partition coefficient (Wildman–Crippen LogP) is 2.20. The summed E-state index contributed by atoms with van der Waals surface area (Å²) in [4.78, 5) is 13.5. The van der Waals surface area contributed by atoms with Crippen molar-refractivity contribution in [3.8, 4) is 0 Å². The van der Waals surface area contributed by atoms with E-state index in [9.17, 15) is 17.6 Å². The van der Waals surface area contributed by atoms with Crippen molar-refractivity contribution in [2.75, 3.05) is 13.1 Å². The van der Waals surface area contributed by atoms with E-state index in [0.29, 0.717) is 6.54 Å². The number of amides is 1. The van der Waals surface area contributed by atoms with Gasteiger partial charge in [-0.2, -0.15) is 0 Å². The van der Waals surface area contributed by atoms with E-state index >= 15 is 0 Å². The minimum Gasteiger partial charge on any atom is -0.339 e. The first kappa shape index (κ1) is 17.9. The molecule has 0 bridgehead atoms. The molecule has 7 heteroatoms. The molecule has 1 aromatic rings. The zero-order chi connectivity index (χ0) is 17.0. The lowest BCUT2D eigenvalue weighted by Crippen LogP contribution is -2.42. The molecule has 1 saturated carbocycles. The van der Waals surface area contributed by atoms with Gasteiger partial charge in [-0.25, -0.2) is 17.5 Å². The Morgan fingerprint density at radius 2 is 2.00 bits per heavy atom. The highest BCUT2D eigenvalue weighted by Gasteiger charge is 2.24. The molecule has 0 aromatic heterocycles. The first-order valence-corrected chi connectivity index (χ1v) is 9.32. The smallest absolute Gasteiger partial charge is 0.240 e. The first-order chi connectivity index (χ1) is 10.8. The molecule has 2 rings (SSSR count). The van der Waals surface area contributed by atoms with Gasteiger partial charge in [0.2, 0.25) is 15.9 Å². The molecule has 23 heavy (non-hydrogen) atoms. The predicted molar refractivity (Wildman–Crippen MR) is 86.0 cm³/mol. The molecular formula is C16H23FN2O3S. The Balaban J connectivity index is 1.98. The maximum Gasteiger partial charge on any atom is 0.240 e. The van der Waals surface area contributed by atoms with Gasteiger partial charge in [0.15, 0.2) is 0 Å². The number of benzene rings is 1. The Morgan fingerprint density at radius 3 is 2.57 bits per heavy atom. The maximum absolute atomic E-state index is 13.2. The normalized spacial score (nSPS) is 15.8. The number of aryl methyl sites for hydroxylation is 1. The molecular weight excluding hydrogens is 319 g/mol. The average molecular weight is 342 g/mol. The number of halogens is 1. The van der Waals surface area contributed by atoms with Gasteiger partial charge in [-0.1, -0.05) is 12.8 Å². The monoisotopic (exact) mass is 342 g/mol. The molecule has 0 unspecified atom stereocenters. The topological polar surface area (TPSA) is 66.5 Å². The summed E-state index contributed by atoms with van der Waals surface area (Å²) in [6.07, 6.45) is 4.16. The highest BCUT2D eigenvalue weighted by molar-refractivity contribution is 7.89. The number of nitrogens with one attached hydrogen (secondary N) is 1. The van der Waals surface area contributed by atoms with Crippen LogP contribution in [0.15, 0.2) is 23.1 Å². The molecule has 0 spiro atoms. The van der Waals surface area contributed by atoms with Gasteiger partial charge < -0.3 is 4.90 Å². The van der Waals surface area contributed by atoms with Crippen LogP contribution in [-0.4, -0.2) is 38.4 Å². The summed E-state index contributed by atoms with van der Waals surface area (Å²) in [5, 5.41) is 0. The standard InChI is InChI=1S/C16H23FN2O3S/c1-12-11-15(7-8-16(12)17)23(21,22)18-9-10-19(13(2)20)14-5-3-4-6-14/h7-8,11,14,18H,3-6,9-10H2,1-2H3. The van der Waals surface area contributed by atoms with E-state index in [1.807, 2.05) is 0 Å². The Labute approximate surface area is 136 Å². The fourth-order valence-electron chi connectivity index (χ4n) is 2.98. The number of carbonyl (C=O) groups is 1. The zero-order valence-electron chi connectivity index (χ0n) is 13.5. The average Bonchev–Trinajstić information content (AvgIpc) is 2.99. The van der Waals surface area contributed by atoms with Crippen LogP contribution in [-0.2, 0) is 14.8 Å². The van der Waals surface area contributed by atoms with E-state index in [1.165, 1.54) is 26.0 Å². The van der Waals surface area contributed by atoms with Gasteiger partial charge in [-0.05, 0) is 43.5 Å². The summed E-state index contributed by atoms with van der Waals surface area (Å²) >= 11 is 0. The molecule has 1 fully saturated rings. The van der Waals surface area contributed by atoms with Crippen LogP contribution in [0.5, 0.6) is 0 Å². The third kappa shape index (κ3) is 4.51. The van der Waals surface area contributed by atoms with Crippen LogP contribution >= 0.6 is 0 Å². The molecule has 1 aliphatic carbocycles. The minimum absolute atomic E-state index is 0.0336. The van der Waals surface area contributed by atoms with Crippen LogP contribution in [0.1, 0.15) is 38.2 Å². The lowest BCUT2D eigenvalue weighted by atomic mass is 10.2. The third-order valence-electron chi connectivity index (χ3n) is 4.25. The zero-order valence-corrected chi connectivity index (χ0v) is 14.3. The molecule has 0 radical (unpaired) electrons. The van der Waals surface area contributed by atoms with Crippen molar-refractivity contribution in [1.29, 1.82) is 0 Å². The Kier molecular flexibility index (Phi) is 5.75. The van der Waals surface area contributed by atoms with Crippen molar-refractivity contribution in [2.24, 2.45) is 0 Å². The maximum atomic E-state index is 13.2. The van der Waals surface area contributed by atoms with Crippen LogP contribution in [0.25, 0.3) is 0 Å².